The smallest absolute Gasteiger partial charge is 0.308 e. The summed E-state index contributed by atoms with van der Waals surface area (Å²) < 4.78 is 0. The van der Waals surface area contributed by atoms with Crippen LogP contribution >= 0.6 is 0 Å². The lowest BCUT2D eigenvalue weighted by Gasteiger charge is -2.16. The molecule has 20 heavy (non-hydrogen) atoms. The average Bonchev–Trinajstić information content (AvgIpc) is 2.80. The van der Waals surface area contributed by atoms with Gasteiger partial charge in [-0.2, -0.15) is 0 Å². The summed E-state index contributed by atoms with van der Waals surface area (Å²) in [4.78, 5) is 24.7. The predicted octanol–water partition coefficient (Wildman–Crippen LogP) is 1.50. The Bertz CT molecular complexity index is 514. The molecule has 1 fully saturated rings. The molecule has 0 bridgehead atoms. The molecule has 1 aliphatic rings. The molecule has 5 nitrogen and oxygen atoms in total. The van der Waals surface area contributed by atoms with Gasteiger partial charge in [0.2, 0.25) is 5.91 Å². The van der Waals surface area contributed by atoms with Gasteiger partial charge in [0, 0.05) is 19.5 Å². The molecular formula is C15H19NO4. The molecule has 1 saturated heterocycles. The third kappa shape index (κ3) is 3.10. The minimum Gasteiger partial charge on any atom is -0.508 e. The van der Waals surface area contributed by atoms with Crippen LogP contribution < -0.4 is 0 Å². The molecule has 108 valence electrons. The first-order chi connectivity index (χ1) is 9.49. The molecular weight excluding hydrogens is 258 g/mol. The van der Waals surface area contributed by atoms with Gasteiger partial charge in [-0.25, -0.2) is 0 Å². The highest BCUT2D eigenvalue weighted by Crippen LogP contribution is 2.24. The maximum Gasteiger partial charge on any atom is 0.308 e. The van der Waals surface area contributed by atoms with Crippen LogP contribution in [0.3, 0.4) is 0 Å². The summed E-state index contributed by atoms with van der Waals surface area (Å²) in [5, 5.41) is 18.7. The summed E-state index contributed by atoms with van der Waals surface area (Å²) in [6.07, 6.45) is 0.755. The van der Waals surface area contributed by atoms with Crippen molar-refractivity contribution in [3.8, 4) is 5.75 Å². The number of aryl methyl sites for hydroxylation is 1. The fraction of sp³-hybridized carbons (Fsp3) is 0.467. The van der Waals surface area contributed by atoms with E-state index in [1.54, 1.807) is 23.1 Å². The van der Waals surface area contributed by atoms with E-state index in [-0.39, 0.29) is 30.5 Å². The van der Waals surface area contributed by atoms with Gasteiger partial charge in [-0.1, -0.05) is 25.1 Å². The second-order valence-corrected chi connectivity index (χ2v) is 5.35. The van der Waals surface area contributed by atoms with E-state index < -0.39 is 11.9 Å². The topological polar surface area (TPSA) is 77.8 Å². The molecule has 1 aromatic rings. The van der Waals surface area contributed by atoms with Gasteiger partial charge in [-0.05, 0) is 24.0 Å². The zero-order valence-electron chi connectivity index (χ0n) is 11.5. The maximum atomic E-state index is 12.1. The first kappa shape index (κ1) is 14.4. The molecule has 2 unspecified atom stereocenters. The van der Waals surface area contributed by atoms with E-state index in [0.717, 1.165) is 5.56 Å². The quantitative estimate of drug-likeness (QED) is 0.874. The fourth-order valence-corrected chi connectivity index (χ4v) is 2.61. The van der Waals surface area contributed by atoms with Crippen LogP contribution in [0.1, 0.15) is 18.9 Å². The first-order valence-corrected chi connectivity index (χ1v) is 6.76. The number of aliphatic carboxylic acids is 1. The minimum absolute atomic E-state index is 0.0124. The van der Waals surface area contributed by atoms with Gasteiger partial charge in [-0.3, -0.25) is 9.59 Å². The number of carboxylic acids is 1. The van der Waals surface area contributed by atoms with Crippen LogP contribution in [0.25, 0.3) is 0 Å². The van der Waals surface area contributed by atoms with Crippen LogP contribution in [-0.2, 0) is 16.0 Å². The summed E-state index contributed by atoms with van der Waals surface area (Å²) in [5.41, 5.74) is 0.739. The van der Waals surface area contributed by atoms with Crippen molar-refractivity contribution < 1.29 is 19.8 Å². The Hall–Kier alpha value is -2.04. The molecule has 1 amide bonds. The van der Waals surface area contributed by atoms with Gasteiger partial charge in [-0.15, -0.1) is 0 Å². The van der Waals surface area contributed by atoms with Gasteiger partial charge in [0.1, 0.15) is 5.75 Å². The number of rotatable bonds is 4. The van der Waals surface area contributed by atoms with Crippen molar-refractivity contribution in [1.29, 1.82) is 0 Å². The highest BCUT2D eigenvalue weighted by molar-refractivity contribution is 5.79. The van der Waals surface area contributed by atoms with E-state index in [0.29, 0.717) is 13.0 Å². The number of phenols is 1. The Morgan fingerprint density at radius 3 is 2.60 bits per heavy atom. The van der Waals surface area contributed by atoms with Gasteiger partial charge in [0.05, 0.1) is 5.92 Å². The summed E-state index contributed by atoms with van der Waals surface area (Å²) >= 11 is 0. The lowest BCUT2D eigenvalue weighted by atomic mass is 9.99. The maximum absolute atomic E-state index is 12.1. The summed E-state index contributed by atoms with van der Waals surface area (Å²) in [7, 11) is 0. The number of carboxylic acid groups (broad SMARTS) is 1. The number of amides is 1. The minimum atomic E-state index is -0.839. The third-order valence-electron chi connectivity index (χ3n) is 3.88. The normalized spacial score (nSPS) is 21.9. The zero-order valence-corrected chi connectivity index (χ0v) is 11.5. The number of hydrogen-bond donors (Lipinski definition) is 2. The van der Waals surface area contributed by atoms with Crippen molar-refractivity contribution in [2.45, 2.75) is 19.8 Å². The fourth-order valence-electron chi connectivity index (χ4n) is 2.61. The molecule has 1 heterocycles. The van der Waals surface area contributed by atoms with Crippen molar-refractivity contribution in [3.05, 3.63) is 29.8 Å². The van der Waals surface area contributed by atoms with Crippen LogP contribution in [0.2, 0.25) is 0 Å². The van der Waals surface area contributed by atoms with Gasteiger partial charge in [0.15, 0.2) is 0 Å². The summed E-state index contributed by atoms with van der Waals surface area (Å²) in [6.45, 7) is 2.64. The van der Waals surface area contributed by atoms with Crippen LogP contribution in [0.15, 0.2) is 24.3 Å². The number of carbonyl (C=O) groups is 2. The highest BCUT2D eigenvalue weighted by Gasteiger charge is 2.36. The molecule has 2 N–H and O–H groups in total. The molecule has 2 rings (SSSR count). The van der Waals surface area contributed by atoms with E-state index in [4.69, 9.17) is 5.11 Å². The van der Waals surface area contributed by atoms with Crippen LogP contribution in [0.5, 0.6) is 5.75 Å². The van der Waals surface area contributed by atoms with Crippen LogP contribution in [-0.4, -0.2) is 40.1 Å². The Kier molecular flexibility index (Phi) is 4.27. The van der Waals surface area contributed by atoms with Crippen LogP contribution in [0, 0.1) is 11.8 Å². The van der Waals surface area contributed by atoms with Crippen molar-refractivity contribution in [3.63, 3.8) is 0 Å². The average molecular weight is 277 g/mol. The lowest BCUT2D eigenvalue weighted by Crippen LogP contribution is -2.30. The number of carbonyl (C=O) groups excluding carboxylic acids is 1. The van der Waals surface area contributed by atoms with Crippen molar-refractivity contribution >= 4 is 11.9 Å². The van der Waals surface area contributed by atoms with Crippen molar-refractivity contribution in [1.82, 2.24) is 4.90 Å². The highest BCUT2D eigenvalue weighted by atomic mass is 16.4. The van der Waals surface area contributed by atoms with Gasteiger partial charge < -0.3 is 15.1 Å². The summed E-state index contributed by atoms with van der Waals surface area (Å²) in [6, 6.07) is 6.94. The molecule has 1 aliphatic heterocycles. The number of nitrogens with zero attached hydrogens (tertiary/aromatic N) is 1. The van der Waals surface area contributed by atoms with E-state index in [9.17, 15) is 14.7 Å². The molecule has 0 aromatic heterocycles. The number of hydrogen-bond acceptors (Lipinski definition) is 3. The Balaban J connectivity index is 1.90. The molecule has 0 aliphatic carbocycles. The molecule has 0 radical (unpaired) electrons. The largest absolute Gasteiger partial charge is 0.508 e. The molecule has 0 spiro atoms. The van der Waals surface area contributed by atoms with Gasteiger partial charge >= 0.3 is 5.97 Å². The van der Waals surface area contributed by atoms with Crippen molar-refractivity contribution in [2.24, 2.45) is 11.8 Å². The third-order valence-corrected chi connectivity index (χ3v) is 3.88. The van der Waals surface area contributed by atoms with Crippen molar-refractivity contribution in [2.75, 3.05) is 13.1 Å². The molecule has 1 aromatic carbocycles. The Morgan fingerprint density at radius 1 is 1.30 bits per heavy atom. The first-order valence-electron chi connectivity index (χ1n) is 6.76. The second kappa shape index (κ2) is 5.94. The predicted molar refractivity (Wildman–Crippen MR) is 73.3 cm³/mol. The van der Waals surface area contributed by atoms with E-state index in [1.807, 2.05) is 13.0 Å². The number of phenolic OH excluding ortho intramolecular Hbond substituents is 1. The summed E-state index contributed by atoms with van der Waals surface area (Å²) in [5.74, 6) is -1.18. The molecule has 5 heteroatoms. The second-order valence-electron chi connectivity index (χ2n) is 5.35. The number of benzene rings is 1. The van der Waals surface area contributed by atoms with E-state index in [2.05, 4.69) is 0 Å². The van der Waals surface area contributed by atoms with Crippen LogP contribution in [0.4, 0.5) is 0 Å². The zero-order chi connectivity index (χ0) is 14.7. The standard InChI is InChI=1S/C15H19NO4/c1-10-8-16(9-12(10)15(19)20)14(18)7-6-11-4-2-3-5-13(11)17/h2-5,10,12,17H,6-9H2,1H3,(H,19,20). The lowest BCUT2D eigenvalue weighted by molar-refractivity contribution is -0.142. The molecule has 0 saturated carbocycles. The number of aromatic hydroxyl groups is 1. The number of para-hydroxylation sites is 1. The number of likely N-dealkylation sites (tertiary alicyclic amines) is 1. The molecule has 2 atom stereocenters. The Morgan fingerprint density at radius 2 is 2.00 bits per heavy atom. The SMILES string of the molecule is CC1CN(C(=O)CCc2ccccc2O)CC1C(=O)O. The van der Waals surface area contributed by atoms with E-state index in [1.165, 1.54) is 0 Å². The monoisotopic (exact) mass is 277 g/mol. The van der Waals surface area contributed by atoms with Gasteiger partial charge in [0.25, 0.3) is 0 Å². The van der Waals surface area contributed by atoms with E-state index >= 15 is 0 Å². The Labute approximate surface area is 117 Å².